The van der Waals surface area contributed by atoms with Crippen molar-refractivity contribution < 1.29 is 28.2 Å². The number of fused-ring (bicyclic) bond motifs is 1. The molecule has 8 nitrogen and oxygen atoms in total. The van der Waals surface area contributed by atoms with Crippen LogP contribution in [0.5, 0.6) is 5.75 Å². The second kappa shape index (κ2) is 11.9. The van der Waals surface area contributed by atoms with Crippen LogP contribution in [0.15, 0.2) is 71.6 Å². The number of likely N-dealkylation sites (N-methyl/N-ethyl adjacent to an activating group) is 1. The van der Waals surface area contributed by atoms with Gasteiger partial charge in [0.15, 0.2) is 0 Å². The number of carboxylic acid groups (broad SMARTS) is 1. The molecule has 0 aromatic heterocycles. The van der Waals surface area contributed by atoms with E-state index in [1.54, 1.807) is 49.4 Å². The Balaban J connectivity index is 1.69. The second-order valence-corrected chi connectivity index (χ2v) is 12.3. The molecule has 208 valence electrons. The number of aryl methyl sites for hydroxylation is 1. The Hall–Kier alpha value is -3.24. The Labute approximate surface area is 230 Å². The van der Waals surface area contributed by atoms with Crippen molar-refractivity contribution in [1.29, 1.82) is 0 Å². The molecule has 3 aromatic carbocycles. The molecule has 0 radical (unpaired) electrons. The summed E-state index contributed by atoms with van der Waals surface area (Å²) in [5.41, 5.74) is 4.12. The highest BCUT2D eigenvalue weighted by molar-refractivity contribution is 7.89. The molecule has 4 rings (SSSR count). The maximum atomic E-state index is 13.8. The Morgan fingerprint density at radius 2 is 1.82 bits per heavy atom. The average Bonchev–Trinajstić information content (AvgIpc) is 2.90. The van der Waals surface area contributed by atoms with Crippen molar-refractivity contribution in [2.45, 2.75) is 44.4 Å². The van der Waals surface area contributed by atoms with Crippen LogP contribution < -0.4 is 4.74 Å². The third-order valence-corrected chi connectivity index (χ3v) is 9.29. The minimum atomic E-state index is -3.92. The molecule has 0 unspecified atom stereocenters. The van der Waals surface area contributed by atoms with Gasteiger partial charge in [-0.15, -0.1) is 0 Å². The lowest BCUT2D eigenvalue weighted by atomic mass is 10.00. The van der Waals surface area contributed by atoms with E-state index in [1.807, 2.05) is 45.2 Å². The molecule has 0 aliphatic carbocycles. The Bertz CT molecular complexity index is 1420. The summed E-state index contributed by atoms with van der Waals surface area (Å²) in [4.78, 5) is 13.3. The molecule has 2 N–H and O–H groups in total. The smallest absolute Gasteiger partial charge is 0.335 e. The number of nitrogens with zero attached hydrogens (tertiary/aromatic N) is 2. The standard InChI is InChI=1S/C30H36N2O6S/c1-20-7-5-6-8-26(20)25-13-14-29-27(15-25)38-28(21(2)16-32(22(3)19-33)39(29,36)37)18-31(4)17-23-9-11-24(12-10-23)30(34)35/h5-15,21-22,28,33H,16-19H2,1-4H3,(H,34,35)/t21-,22-,28-/m0/s1. The number of benzene rings is 3. The quantitative estimate of drug-likeness (QED) is 0.430. The number of carbonyl (C=O) groups is 1. The van der Waals surface area contributed by atoms with Gasteiger partial charge in [0.1, 0.15) is 16.7 Å². The highest BCUT2D eigenvalue weighted by atomic mass is 32.2. The van der Waals surface area contributed by atoms with E-state index < -0.39 is 22.0 Å². The van der Waals surface area contributed by atoms with Gasteiger partial charge in [-0.3, -0.25) is 4.90 Å². The predicted octanol–water partition coefficient (Wildman–Crippen LogP) is 4.26. The summed E-state index contributed by atoms with van der Waals surface area (Å²) in [6.45, 7) is 6.67. The molecule has 39 heavy (non-hydrogen) atoms. The molecule has 0 fully saturated rings. The molecule has 0 bridgehead atoms. The van der Waals surface area contributed by atoms with Gasteiger partial charge in [0.05, 0.1) is 12.2 Å². The third kappa shape index (κ3) is 6.33. The number of carboxylic acids is 1. The van der Waals surface area contributed by atoms with Gasteiger partial charge in [0.25, 0.3) is 0 Å². The molecule has 1 heterocycles. The zero-order chi connectivity index (χ0) is 28.3. The van der Waals surface area contributed by atoms with Gasteiger partial charge >= 0.3 is 5.97 Å². The maximum Gasteiger partial charge on any atom is 0.335 e. The monoisotopic (exact) mass is 552 g/mol. The van der Waals surface area contributed by atoms with E-state index in [9.17, 15) is 18.3 Å². The SMILES string of the molecule is Cc1ccccc1-c1ccc2c(c1)O[C@@H](CN(C)Cc1ccc(C(=O)O)cc1)[C@@H](C)CN([C@@H](C)CO)S2(=O)=O. The van der Waals surface area contributed by atoms with E-state index in [0.717, 1.165) is 22.3 Å². The first-order valence-corrected chi connectivity index (χ1v) is 14.5. The first-order valence-electron chi connectivity index (χ1n) is 13.0. The lowest BCUT2D eigenvalue weighted by Crippen LogP contribution is -2.49. The second-order valence-electron chi connectivity index (χ2n) is 10.4. The van der Waals surface area contributed by atoms with E-state index in [-0.39, 0.29) is 35.6 Å². The lowest BCUT2D eigenvalue weighted by molar-refractivity contribution is 0.0697. The summed E-state index contributed by atoms with van der Waals surface area (Å²) >= 11 is 0. The van der Waals surface area contributed by atoms with Crippen molar-refractivity contribution in [3.63, 3.8) is 0 Å². The van der Waals surface area contributed by atoms with Crippen LogP contribution in [0.4, 0.5) is 0 Å². The van der Waals surface area contributed by atoms with Crippen LogP contribution in [-0.2, 0) is 16.6 Å². The first kappa shape index (κ1) is 28.8. The molecule has 1 aliphatic heterocycles. The number of aromatic carboxylic acids is 1. The number of hydrogen-bond donors (Lipinski definition) is 2. The number of sulfonamides is 1. The van der Waals surface area contributed by atoms with E-state index in [0.29, 0.717) is 18.8 Å². The zero-order valence-corrected chi connectivity index (χ0v) is 23.6. The highest BCUT2D eigenvalue weighted by Crippen LogP contribution is 2.37. The number of rotatable bonds is 8. The minimum Gasteiger partial charge on any atom is -0.487 e. The Morgan fingerprint density at radius 3 is 2.46 bits per heavy atom. The fourth-order valence-corrected chi connectivity index (χ4v) is 6.77. The van der Waals surface area contributed by atoms with Gasteiger partial charge < -0.3 is 14.9 Å². The van der Waals surface area contributed by atoms with Gasteiger partial charge in [-0.05, 0) is 67.4 Å². The summed E-state index contributed by atoms with van der Waals surface area (Å²) in [6, 6.07) is 19.3. The van der Waals surface area contributed by atoms with Crippen LogP contribution in [0.25, 0.3) is 11.1 Å². The van der Waals surface area contributed by atoms with Crippen LogP contribution in [0.1, 0.15) is 35.3 Å². The van der Waals surface area contributed by atoms with E-state index in [2.05, 4.69) is 4.90 Å². The van der Waals surface area contributed by atoms with Crippen LogP contribution in [0.2, 0.25) is 0 Å². The van der Waals surface area contributed by atoms with Gasteiger partial charge in [0.2, 0.25) is 10.0 Å². The van der Waals surface area contributed by atoms with E-state index >= 15 is 0 Å². The fourth-order valence-electron chi connectivity index (χ4n) is 4.94. The summed E-state index contributed by atoms with van der Waals surface area (Å²) in [5, 5.41) is 19.1. The predicted molar refractivity (Wildman–Crippen MR) is 150 cm³/mol. The van der Waals surface area contributed by atoms with Crippen LogP contribution >= 0.6 is 0 Å². The van der Waals surface area contributed by atoms with Crippen molar-refractivity contribution in [2.24, 2.45) is 5.92 Å². The molecule has 0 spiro atoms. The minimum absolute atomic E-state index is 0.0870. The number of ether oxygens (including phenoxy) is 1. The molecular weight excluding hydrogens is 516 g/mol. The van der Waals surface area contributed by atoms with Crippen molar-refractivity contribution in [2.75, 3.05) is 26.7 Å². The summed E-state index contributed by atoms with van der Waals surface area (Å²) in [7, 11) is -1.97. The largest absolute Gasteiger partial charge is 0.487 e. The van der Waals surface area contributed by atoms with Gasteiger partial charge in [0, 0.05) is 31.6 Å². The van der Waals surface area contributed by atoms with Gasteiger partial charge in [-0.25, -0.2) is 13.2 Å². The zero-order valence-electron chi connectivity index (χ0n) is 22.7. The van der Waals surface area contributed by atoms with E-state index in [4.69, 9.17) is 9.84 Å². The molecule has 0 saturated carbocycles. The third-order valence-electron chi connectivity index (χ3n) is 7.27. The van der Waals surface area contributed by atoms with Crippen molar-refractivity contribution in [3.05, 3.63) is 83.4 Å². The van der Waals surface area contributed by atoms with Crippen molar-refractivity contribution in [1.82, 2.24) is 9.21 Å². The molecule has 9 heteroatoms. The van der Waals surface area contributed by atoms with Crippen LogP contribution in [0.3, 0.4) is 0 Å². The molecule has 0 saturated heterocycles. The van der Waals surface area contributed by atoms with Gasteiger partial charge in [-0.1, -0.05) is 49.4 Å². The fraction of sp³-hybridized carbons (Fsp3) is 0.367. The number of aliphatic hydroxyl groups excluding tert-OH is 1. The maximum absolute atomic E-state index is 13.8. The average molecular weight is 553 g/mol. The molecule has 3 aromatic rings. The van der Waals surface area contributed by atoms with Crippen LogP contribution in [0, 0.1) is 12.8 Å². The first-order chi connectivity index (χ1) is 18.5. The number of aliphatic hydroxyl groups is 1. The summed E-state index contributed by atoms with van der Waals surface area (Å²) in [6.07, 6.45) is -0.344. The molecule has 0 amide bonds. The Kier molecular flexibility index (Phi) is 8.76. The topological polar surface area (TPSA) is 107 Å². The normalized spacial score (nSPS) is 19.9. The van der Waals surface area contributed by atoms with E-state index in [1.165, 1.54) is 4.31 Å². The summed E-state index contributed by atoms with van der Waals surface area (Å²) < 4.78 is 35.4. The molecule has 3 atom stereocenters. The highest BCUT2D eigenvalue weighted by Gasteiger charge is 2.38. The number of hydrogen-bond acceptors (Lipinski definition) is 6. The Morgan fingerprint density at radius 1 is 1.13 bits per heavy atom. The van der Waals surface area contributed by atoms with Gasteiger partial charge in [-0.2, -0.15) is 4.31 Å². The van der Waals surface area contributed by atoms with Crippen molar-refractivity contribution in [3.8, 4) is 16.9 Å². The molecular formula is C30H36N2O6S. The van der Waals surface area contributed by atoms with Crippen LogP contribution in [-0.4, -0.2) is 72.7 Å². The molecule has 1 aliphatic rings. The summed E-state index contributed by atoms with van der Waals surface area (Å²) in [5.74, 6) is -0.852. The van der Waals surface area contributed by atoms with Crippen molar-refractivity contribution >= 4 is 16.0 Å². The lowest BCUT2D eigenvalue weighted by Gasteiger charge is -2.37.